The van der Waals surface area contributed by atoms with Gasteiger partial charge < -0.3 is 9.64 Å². The number of alkyl halides is 2. The third-order valence-corrected chi connectivity index (χ3v) is 5.30. The molecule has 2 nitrogen and oxygen atoms in total. The van der Waals surface area contributed by atoms with Gasteiger partial charge in [0.1, 0.15) is 17.4 Å². The summed E-state index contributed by atoms with van der Waals surface area (Å²) in [5, 5.41) is 0. The van der Waals surface area contributed by atoms with E-state index in [1.807, 2.05) is 36.4 Å². The lowest BCUT2D eigenvalue weighted by molar-refractivity contribution is 0.123. The number of ether oxygens (including phenoxy) is 1. The molecule has 0 aliphatic carbocycles. The van der Waals surface area contributed by atoms with Crippen molar-refractivity contribution in [3.05, 3.63) is 87.2 Å². The van der Waals surface area contributed by atoms with Gasteiger partial charge in [-0.15, -0.1) is 0 Å². The van der Waals surface area contributed by atoms with Crippen LogP contribution in [-0.2, 0) is 0 Å². The number of hydrogen-bond acceptors (Lipinski definition) is 2. The van der Waals surface area contributed by atoms with Crippen LogP contribution in [0.25, 0.3) is 11.3 Å². The van der Waals surface area contributed by atoms with Gasteiger partial charge in [-0.1, -0.05) is 50.8 Å². The minimum atomic E-state index is -2.73. The summed E-state index contributed by atoms with van der Waals surface area (Å²) >= 11 is 1.98. The number of hydrogen-bond donors (Lipinski definition) is 0. The third-order valence-electron chi connectivity index (χ3n) is 4.37. The van der Waals surface area contributed by atoms with Crippen LogP contribution in [0, 0.1) is 11.6 Å². The summed E-state index contributed by atoms with van der Waals surface area (Å²) in [6, 6.07) is 11.0. The molecule has 0 aromatic heterocycles. The van der Waals surface area contributed by atoms with Crippen molar-refractivity contribution in [1.82, 2.24) is 4.90 Å². The standard InChI is InChI=1S/C22H18F4INO.C2H6/c1-3-29-15-9-17(23)21(18(24)10-15)22-16(14-7-5-4-6-8-14)11-19(27)13(2)28(22)12-20(25)26;1-2/h4-11,20H,2-3,12H2,1H3;1-2H3. The molecule has 1 aliphatic rings. The van der Waals surface area contributed by atoms with Crippen molar-refractivity contribution >= 4 is 33.9 Å². The number of nitrogens with zero attached hydrogens (tertiary/aromatic N) is 1. The smallest absolute Gasteiger partial charge is 0.256 e. The average molecular weight is 545 g/mol. The molecule has 0 radical (unpaired) electrons. The summed E-state index contributed by atoms with van der Waals surface area (Å²) in [7, 11) is 0. The summed E-state index contributed by atoms with van der Waals surface area (Å²) in [4.78, 5) is 1.18. The zero-order valence-corrected chi connectivity index (χ0v) is 19.7. The molecule has 2 aromatic carbocycles. The van der Waals surface area contributed by atoms with Gasteiger partial charge in [0, 0.05) is 27.0 Å². The van der Waals surface area contributed by atoms with Gasteiger partial charge in [-0.3, -0.25) is 0 Å². The van der Waals surface area contributed by atoms with E-state index in [2.05, 4.69) is 6.58 Å². The largest absolute Gasteiger partial charge is 0.494 e. The van der Waals surface area contributed by atoms with E-state index in [4.69, 9.17) is 4.74 Å². The van der Waals surface area contributed by atoms with E-state index in [-0.39, 0.29) is 23.8 Å². The molecule has 0 spiro atoms. The predicted molar refractivity (Wildman–Crippen MR) is 126 cm³/mol. The highest BCUT2D eigenvalue weighted by Crippen LogP contribution is 2.43. The molecule has 31 heavy (non-hydrogen) atoms. The second kappa shape index (κ2) is 11.4. The highest BCUT2D eigenvalue weighted by Gasteiger charge is 2.31. The van der Waals surface area contributed by atoms with E-state index in [1.165, 1.54) is 4.90 Å². The van der Waals surface area contributed by atoms with Gasteiger partial charge in [0.05, 0.1) is 24.4 Å². The van der Waals surface area contributed by atoms with Crippen LogP contribution in [0.5, 0.6) is 5.75 Å². The lowest BCUT2D eigenvalue weighted by Crippen LogP contribution is -2.30. The minimum absolute atomic E-state index is 0.0139. The van der Waals surface area contributed by atoms with Crippen molar-refractivity contribution in [3.63, 3.8) is 0 Å². The molecule has 0 atom stereocenters. The zero-order valence-electron chi connectivity index (χ0n) is 17.6. The predicted octanol–water partition coefficient (Wildman–Crippen LogP) is 7.67. The molecule has 1 aliphatic heterocycles. The van der Waals surface area contributed by atoms with Crippen LogP contribution >= 0.6 is 22.6 Å². The molecule has 0 bridgehead atoms. The quantitative estimate of drug-likeness (QED) is 0.273. The fourth-order valence-electron chi connectivity index (χ4n) is 3.16. The second-order valence-electron chi connectivity index (χ2n) is 6.26. The van der Waals surface area contributed by atoms with Gasteiger partial charge in [0.2, 0.25) is 0 Å². The Kier molecular flexibility index (Phi) is 9.15. The zero-order chi connectivity index (χ0) is 23.1. The Labute approximate surface area is 194 Å². The van der Waals surface area contributed by atoms with Crippen LogP contribution in [0.4, 0.5) is 17.6 Å². The normalized spacial score (nSPS) is 13.8. The van der Waals surface area contributed by atoms with E-state index < -0.39 is 30.2 Å². The van der Waals surface area contributed by atoms with Crippen LogP contribution in [0.2, 0.25) is 0 Å². The van der Waals surface area contributed by atoms with E-state index >= 15 is 8.78 Å². The lowest BCUT2D eigenvalue weighted by atomic mass is 9.94. The summed E-state index contributed by atoms with van der Waals surface area (Å²) in [6.45, 7) is 9.05. The number of allylic oxidation sites excluding steroid dienone is 3. The van der Waals surface area contributed by atoms with Crippen molar-refractivity contribution in [2.45, 2.75) is 27.2 Å². The third kappa shape index (κ3) is 5.70. The maximum atomic E-state index is 15.0. The Morgan fingerprint density at radius 1 is 1.06 bits per heavy atom. The van der Waals surface area contributed by atoms with Gasteiger partial charge in [-0.05, 0) is 41.2 Å². The van der Waals surface area contributed by atoms with Crippen molar-refractivity contribution < 1.29 is 22.3 Å². The van der Waals surface area contributed by atoms with Gasteiger partial charge in [-0.2, -0.15) is 0 Å². The number of rotatable bonds is 6. The summed E-state index contributed by atoms with van der Waals surface area (Å²) in [5.41, 5.74) is 0.962. The molecule has 0 amide bonds. The fraction of sp³-hybridized carbons (Fsp3) is 0.250. The van der Waals surface area contributed by atoms with E-state index in [1.54, 1.807) is 43.3 Å². The molecule has 2 aromatic rings. The van der Waals surface area contributed by atoms with Crippen LogP contribution in [0.3, 0.4) is 0 Å². The Morgan fingerprint density at radius 2 is 1.65 bits per heavy atom. The number of benzene rings is 2. The first-order valence-electron chi connectivity index (χ1n) is 9.87. The maximum absolute atomic E-state index is 15.0. The Bertz CT molecular complexity index is 963. The Hall–Kier alpha value is -2.29. The fourth-order valence-corrected chi connectivity index (χ4v) is 3.76. The molecule has 7 heteroatoms. The van der Waals surface area contributed by atoms with Gasteiger partial charge in [0.15, 0.2) is 0 Å². The molecule has 1 heterocycles. The summed E-state index contributed by atoms with van der Waals surface area (Å²) in [5.74, 6) is -1.75. The Morgan fingerprint density at radius 3 is 2.16 bits per heavy atom. The van der Waals surface area contributed by atoms with Crippen molar-refractivity contribution in [2.24, 2.45) is 0 Å². The molecular weight excluding hydrogens is 521 g/mol. The first-order valence-corrected chi connectivity index (χ1v) is 11.0. The highest BCUT2D eigenvalue weighted by molar-refractivity contribution is 14.1. The van der Waals surface area contributed by atoms with E-state index in [0.717, 1.165) is 12.1 Å². The molecule has 0 fully saturated rings. The average Bonchev–Trinajstić information content (AvgIpc) is 2.74. The second-order valence-corrected chi connectivity index (χ2v) is 7.43. The van der Waals surface area contributed by atoms with Gasteiger partial charge >= 0.3 is 0 Å². The summed E-state index contributed by atoms with van der Waals surface area (Å²) < 4.78 is 62.6. The maximum Gasteiger partial charge on any atom is 0.256 e. The van der Waals surface area contributed by atoms with Crippen LogP contribution in [0.15, 0.2) is 64.4 Å². The topological polar surface area (TPSA) is 12.5 Å². The van der Waals surface area contributed by atoms with Crippen molar-refractivity contribution in [1.29, 1.82) is 0 Å². The van der Waals surface area contributed by atoms with Gasteiger partial charge in [-0.25, -0.2) is 17.6 Å². The van der Waals surface area contributed by atoms with Crippen molar-refractivity contribution in [3.8, 4) is 5.75 Å². The lowest BCUT2D eigenvalue weighted by Gasteiger charge is -2.34. The molecular formula is C24H24F4INO. The molecule has 3 rings (SSSR count). The first kappa shape index (κ1) is 25.0. The molecule has 0 saturated heterocycles. The van der Waals surface area contributed by atoms with Crippen LogP contribution < -0.4 is 4.74 Å². The molecule has 166 valence electrons. The van der Waals surface area contributed by atoms with Crippen LogP contribution in [-0.4, -0.2) is 24.5 Å². The monoisotopic (exact) mass is 545 g/mol. The Balaban J connectivity index is 0.00000166. The molecule has 0 N–H and O–H groups in total. The van der Waals surface area contributed by atoms with Crippen LogP contribution in [0.1, 0.15) is 31.9 Å². The summed E-state index contributed by atoms with van der Waals surface area (Å²) in [6.07, 6.45) is -1.03. The van der Waals surface area contributed by atoms with Crippen molar-refractivity contribution in [2.75, 3.05) is 13.2 Å². The number of halogens is 5. The van der Waals surface area contributed by atoms with E-state index in [0.29, 0.717) is 14.7 Å². The minimum Gasteiger partial charge on any atom is -0.494 e. The molecule has 0 saturated carbocycles. The van der Waals surface area contributed by atoms with Gasteiger partial charge in [0.25, 0.3) is 6.43 Å². The highest BCUT2D eigenvalue weighted by atomic mass is 127. The van der Waals surface area contributed by atoms with E-state index in [9.17, 15) is 8.78 Å². The SMILES string of the molecule is C=C1C(I)=CC(c2ccccc2)=C(c2c(F)cc(OCC)cc2F)N1CC(F)F.CC. The molecule has 0 unspecified atom stereocenters. The first-order chi connectivity index (χ1) is 14.8.